The van der Waals surface area contributed by atoms with Crippen molar-refractivity contribution in [2.75, 3.05) is 5.32 Å². The number of nitrogens with one attached hydrogen (secondary N) is 1. The predicted molar refractivity (Wildman–Crippen MR) is 90.6 cm³/mol. The topological polar surface area (TPSA) is 102 Å². The molecule has 2 aromatic heterocycles. The van der Waals surface area contributed by atoms with Crippen LogP contribution in [0.3, 0.4) is 0 Å². The first-order valence-electron chi connectivity index (χ1n) is 7.43. The van der Waals surface area contributed by atoms with Gasteiger partial charge < -0.3 is 10.4 Å². The first-order valence-corrected chi connectivity index (χ1v) is 7.81. The molecular weight excluding hydrogens is 365 g/mol. The number of hydrogen-bond donors (Lipinski definition) is 2. The summed E-state index contributed by atoms with van der Waals surface area (Å²) < 4.78 is 15.7. The summed E-state index contributed by atoms with van der Waals surface area (Å²) in [5.74, 6) is -2.04. The molecule has 0 bridgehead atoms. The highest BCUT2D eigenvalue weighted by atomic mass is 35.5. The number of carboxylic acid groups (broad SMARTS) is 1. The summed E-state index contributed by atoms with van der Waals surface area (Å²) in [5.41, 5.74) is 1.02. The number of rotatable bonds is 6. The molecule has 1 aromatic carbocycles. The Kier molecular flexibility index (Phi) is 4.99. The minimum atomic E-state index is -1.17. The molecule has 0 atom stereocenters. The van der Waals surface area contributed by atoms with Crippen LogP contribution in [0, 0.1) is 5.82 Å². The molecule has 0 aliphatic carbocycles. The molecule has 0 fully saturated rings. The van der Waals surface area contributed by atoms with Gasteiger partial charge >= 0.3 is 5.97 Å². The quantitative estimate of drug-likeness (QED) is 0.686. The third kappa shape index (κ3) is 4.06. The smallest absolute Gasteiger partial charge is 0.354 e. The zero-order chi connectivity index (χ0) is 18.7. The number of carbonyl (C=O) groups is 2. The standard InChI is InChI=1S/C16H13ClFN5O3/c17-13-5-11(18)2-1-10(13)7-22-8-12(6-20-22)21-15(24)9-23-14(16(25)26)3-4-19-23/h1-6,8H,7,9H2,(H,21,24)(H,25,26). The lowest BCUT2D eigenvalue weighted by Gasteiger charge is -2.05. The van der Waals surface area contributed by atoms with Crippen LogP contribution >= 0.6 is 11.6 Å². The fraction of sp³-hybridized carbons (Fsp3) is 0.125. The zero-order valence-electron chi connectivity index (χ0n) is 13.3. The van der Waals surface area contributed by atoms with Crippen LogP contribution in [-0.4, -0.2) is 36.5 Å². The number of nitrogens with zero attached hydrogens (tertiary/aromatic N) is 4. The summed E-state index contributed by atoms with van der Waals surface area (Å²) in [5, 5.41) is 19.8. The summed E-state index contributed by atoms with van der Waals surface area (Å²) >= 11 is 5.98. The van der Waals surface area contributed by atoms with Crippen molar-refractivity contribution in [3.8, 4) is 0 Å². The van der Waals surface area contributed by atoms with Gasteiger partial charge in [0.1, 0.15) is 18.1 Å². The van der Waals surface area contributed by atoms with Crippen LogP contribution in [-0.2, 0) is 17.9 Å². The lowest BCUT2D eigenvalue weighted by Crippen LogP contribution is -2.22. The van der Waals surface area contributed by atoms with Gasteiger partial charge in [0.2, 0.25) is 5.91 Å². The highest BCUT2D eigenvalue weighted by Gasteiger charge is 2.14. The fourth-order valence-corrected chi connectivity index (χ4v) is 2.54. The molecule has 0 aliphatic heterocycles. The Balaban J connectivity index is 1.63. The molecule has 134 valence electrons. The number of anilines is 1. The molecule has 3 rings (SSSR count). The molecule has 0 saturated heterocycles. The van der Waals surface area contributed by atoms with Crippen molar-refractivity contribution in [3.63, 3.8) is 0 Å². The molecule has 0 unspecified atom stereocenters. The van der Waals surface area contributed by atoms with Crippen molar-refractivity contribution in [1.82, 2.24) is 19.6 Å². The van der Waals surface area contributed by atoms with Gasteiger partial charge in [-0.15, -0.1) is 0 Å². The van der Waals surface area contributed by atoms with Crippen LogP contribution in [0.5, 0.6) is 0 Å². The molecule has 0 aliphatic rings. The Bertz CT molecular complexity index is 968. The van der Waals surface area contributed by atoms with Crippen molar-refractivity contribution < 1.29 is 19.1 Å². The average molecular weight is 378 g/mol. The van der Waals surface area contributed by atoms with Gasteiger partial charge in [-0.1, -0.05) is 17.7 Å². The van der Waals surface area contributed by atoms with E-state index in [1.165, 1.54) is 35.3 Å². The number of hydrogen-bond acceptors (Lipinski definition) is 4. The third-order valence-corrected chi connectivity index (χ3v) is 3.85. The van der Waals surface area contributed by atoms with E-state index >= 15 is 0 Å². The Labute approximate surface area is 151 Å². The SMILES string of the molecule is O=C(Cn1nccc1C(=O)O)Nc1cnn(Cc2ccc(F)cc2Cl)c1. The number of benzene rings is 1. The second-order valence-corrected chi connectivity index (χ2v) is 5.80. The molecule has 2 heterocycles. The van der Waals surface area contributed by atoms with E-state index < -0.39 is 17.7 Å². The summed E-state index contributed by atoms with van der Waals surface area (Å²) in [6, 6.07) is 5.38. The second kappa shape index (κ2) is 7.36. The number of amides is 1. The minimum Gasteiger partial charge on any atom is -0.477 e. The first kappa shape index (κ1) is 17.6. The zero-order valence-corrected chi connectivity index (χ0v) is 14.0. The fourth-order valence-electron chi connectivity index (χ4n) is 2.32. The minimum absolute atomic E-state index is 0.0817. The number of halogens is 2. The Morgan fingerprint density at radius 3 is 2.81 bits per heavy atom. The van der Waals surface area contributed by atoms with Crippen LogP contribution in [0.1, 0.15) is 16.1 Å². The summed E-state index contributed by atoms with van der Waals surface area (Å²) in [6.07, 6.45) is 4.33. The lowest BCUT2D eigenvalue weighted by molar-refractivity contribution is -0.116. The largest absolute Gasteiger partial charge is 0.477 e. The van der Waals surface area contributed by atoms with E-state index in [1.807, 2.05) is 0 Å². The maximum absolute atomic E-state index is 13.1. The number of carboxylic acids is 1. The predicted octanol–water partition coefficient (Wildman–Crippen LogP) is 2.26. The van der Waals surface area contributed by atoms with E-state index in [9.17, 15) is 14.0 Å². The molecule has 0 saturated carbocycles. The van der Waals surface area contributed by atoms with Crippen LogP contribution in [0.4, 0.5) is 10.1 Å². The van der Waals surface area contributed by atoms with E-state index in [0.29, 0.717) is 17.8 Å². The van der Waals surface area contributed by atoms with Crippen molar-refractivity contribution in [2.24, 2.45) is 0 Å². The van der Waals surface area contributed by atoms with Crippen LogP contribution in [0.25, 0.3) is 0 Å². The molecular formula is C16H13ClFN5O3. The van der Waals surface area contributed by atoms with Gasteiger partial charge in [0.15, 0.2) is 0 Å². The lowest BCUT2D eigenvalue weighted by atomic mass is 10.2. The van der Waals surface area contributed by atoms with Crippen LogP contribution < -0.4 is 5.32 Å². The average Bonchev–Trinajstić information content (AvgIpc) is 3.19. The van der Waals surface area contributed by atoms with Gasteiger partial charge in [-0.2, -0.15) is 10.2 Å². The van der Waals surface area contributed by atoms with Gasteiger partial charge in [-0.3, -0.25) is 9.48 Å². The Morgan fingerprint density at radius 1 is 1.27 bits per heavy atom. The normalized spacial score (nSPS) is 10.7. The Hall–Kier alpha value is -3.20. The molecule has 26 heavy (non-hydrogen) atoms. The van der Waals surface area contributed by atoms with E-state index in [1.54, 1.807) is 12.3 Å². The number of aromatic carboxylic acids is 1. The van der Waals surface area contributed by atoms with Crippen molar-refractivity contribution in [3.05, 3.63) is 65.0 Å². The maximum atomic E-state index is 13.1. The van der Waals surface area contributed by atoms with Crippen molar-refractivity contribution in [1.29, 1.82) is 0 Å². The molecule has 0 spiro atoms. The van der Waals surface area contributed by atoms with Crippen molar-refractivity contribution >= 4 is 29.2 Å². The Morgan fingerprint density at radius 2 is 2.08 bits per heavy atom. The van der Waals surface area contributed by atoms with E-state index in [0.717, 1.165) is 4.68 Å². The van der Waals surface area contributed by atoms with Gasteiger partial charge in [0.25, 0.3) is 0 Å². The third-order valence-electron chi connectivity index (χ3n) is 3.49. The monoisotopic (exact) mass is 377 g/mol. The first-order chi connectivity index (χ1) is 12.4. The van der Waals surface area contributed by atoms with Crippen LogP contribution in [0.15, 0.2) is 42.9 Å². The summed E-state index contributed by atoms with van der Waals surface area (Å²) in [7, 11) is 0. The van der Waals surface area contributed by atoms with E-state index in [-0.39, 0.29) is 17.3 Å². The van der Waals surface area contributed by atoms with Gasteiger partial charge in [-0.05, 0) is 23.8 Å². The summed E-state index contributed by atoms with van der Waals surface area (Å²) in [6.45, 7) is 0.0565. The van der Waals surface area contributed by atoms with Gasteiger partial charge in [0.05, 0.1) is 18.4 Å². The molecule has 2 N–H and O–H groups in total. The molecule has 1 amide bonds. The highest BCUT2D eigenvalue weighted by molar-refractivity contribution is 6.31. The van der Waals surface area contributed by atoms with Crippen LogP contribution in [0.2, 0.25) is 5.02 Å². The molecule has 0 radical (unpaired) electrons. The molecule has 10 heteroatoms. The maximum Gasteiger partial charge on any atom is 0.354 e. The van der Waals surface area contributed by atoms with E-state index in [2.05, 4.69) is 15.5 Å². The number of aromatic nitrogens is 4. The number of carbonyl (C=O) groups excluding carboxylic acids is 1. The molecule has 3 aromatic rings. The van der Waals surface area contributed by atoms with E-state index in [4.69, 9.17) is 16.7 Å². The highest BCUT2D eigenvalue weighted by Crippen LogP contribution is 2.18. The second-order valence-electron chi connectivity index (χ2n) is 5.39. The summed E-state index contributed by atoms with van der Waals surface area (Å²) in [4.78, 5) is 23.1. The van der Waals surface area contributed by atoms with Gasteiger partial charge in [-0.25, -0.2) is 13.9 Å². The van der Waals surface area contributed by atoms with Crippen molar-refractivity contribution in [2.45, 2.75) is 13.1 Å². The molecule has 8 nitrogen and oxygen atoms in total. The van der Waals surface area contributed by atoms with Gasteiger partial charge in [0, 0.05) is 17.4 Å².